The normalized spacial score (nSPS) is 12.2. The lowest BCUT2D eigenvalue weighted by Crippen LogP contribution is -1.95. The number of allylic oxidation sites excluding steroid dienone is 4. The Balaban J connectivity index is 1.29. The van der Waals surface area contributed by atoms with Crippen LogP contribution < -0.4 is 0 Å². The summed E-state index contributed by atoms with van der Waals surface area (Å²) in [6.07, 6.45) is 5.72. The number of benzene rings is 7. The highest BCUT2D eigenvalue weighted by Gasteiger charge is 2.20. The van der Waals surface area contributed by atoms with Crippen LogP contribution in [-0.4, -0.2) is 9.13 Å². The second-order valence-electron chi connectivity index (χ2n) is 13.1. The van der Waals surface area contributed by atoms with E-state index in [1.165, 1.54) is 38.2 Å². The minimum atomic E-state index is 0.876. The first-order chi connectivity index (χ1) is 25.2. The molecule has 0 bridgehead atoms. The fourth-order valence-electron chi connectivity index (χ4n) is 7.92. The first kappa shape index (κ1) is 29.1. The van der Waals surface area contributed by atoms with E-state index in [0.29, 0.717) is 0 Å². The molecule has 7 aromatic carbocycles. The van der Waals surface area contributed by atoms with E-state index in [-0.39, 0.29) is 0 Å². The highest BCUT2D eigenvalue weighted by molar-refractivity contribution is 6.18. The molecule has 0 fully saturated rings. The second-order valence-corrected chi connectivity index (χ2v) is 13.1. The van der Waals surface area contributed by atoms with Gasteiger partial charge in [-0.15, -0.1) is 0 Å². The Hall–Kier alpha value is -6.84. The maximum Gasteiger partial charge on any atom is 0.137 e. The molecule has 0 aliphatic heterocycles. The lowest BCUT2D eigenvalue weighted by molar-refractivity contribution is 0.669. The Morgan fingerprint density at radius 2 is 1.10 bits per heavy atom. The molecule has 0 spiro atoms. The summed E-state index contributed by atoms with van der Waals surface area (Å²) in [6, 6.07) is 54.5. The highest BCUT2D eigenvalue weighted by Crippen LogP contribution is 2.41. The smallest absolute Gasteiger partial charge is 0.137 e. The molecular formula is C48H32N2O. The van der Waals surface area contributed by atoms with E-state index in [1.54, 1.807) is 0 Å². The summed E-state index contributed by atoms with van der Waals surface area (Å²) in [4.78, 5) is 0. The zero-order valence-corrected chi connectivity index (χ0v) is 27.9. The van der Waals surface area contributed by atoms with Crippen molar-refractivity contribution in [2.45, 2.75) is 0 Å². The first-order valence-electron chi connectivity index (χ1n) is 17.2. The summed E-state index contributed by atoms with van der Waals surface area (Å²) in [5.74, 6) is 0. The van der Waals surface area contributed by atoms with Gasteiger partial charge in [0.2, 0.25) is 0 Å². The van der Waals surface area contributed by atoms with Crippen LogP contribution in [0.25, 0.3) is 93.6 Å². The molecule has 0 aliphatic rings. The molecule has 51 heavy (non-hydrogen) atoms. The monoisotopic (exact) mass is 652 g/mol. The van der Waals surface area contributed by atoms with E-state index in [1.807, 2.05) is 30.4 Å². The molecule has 3 nitrogen and oxygen atoms in total. The Kier molecular flexibility index (Phi) is 6.49. The summed E-state index contributed by atoms with van der Waals surface area (Å²) in [5, 5.41) is 6.99. The number of nitrogens with zero attached hydrogens (tertiary/aromatic N) is 2. The van der Waals surface area contributed by atoms with Gasteiger partial charge in [0.1, 0.15) is 11.2 Å². The SMILES string of the molecule is C=C/C=C(\C=C)c1ccc2c(c1)c1cc3c(cc1n2-c1ccc2c(c1)c1cc(-c4ccccc4)ccc1n2-c1ccccc1)oc1ccccc13. The number of aromatic nitrogens is 2. The Morgan fingerprint density at radius 1 is 0.451 bits per heavy atom. The van der Waals surface area contributed by atoms with Crippen molar-refractivity contribution in [2.24, 2.45) is 0 Å². The van der Waals surface area contributed by atoms with Crippen LogP contribution in [-0.2, 0) is 0 Å². The van der Waals surface area contributed by atoms with Gasteiger partial charge < -0.3 is 13.6 Å². The first-order valence-corrected chi connectivity index (χ1v) is 17.2. The van der Waals surface area contributed by atoms with E-state index in [9.17, 15) is 0 Å². The molecule has 3 heterocycles. The number of furan rings is 1. The van der Waals surface area contributed by atoms with Crippen LogP contribution in [0.1, 0.15) is 5.56 Å². The maximum absolute atomic E-state index is 6.44. The van der Waals surface area contributed by atoms with Crippen molar-refractivity contribution >= 4 is 71.1 Å². The molecule has 10 aromatic rings. The molecule has 0 N–H and O–H groups in total. The fourth-order valence-corrected chi connectivity index (χ4v) is 7.92. The van der Waals surface area contributed by atoms with Gasteiger partial charge >= 0.3 is 0 Å². The molecule has 0 radical (unpaired) electrons. The molecule has 0 atom stereocenters. The van der Waals surface area contributed by atoms with Gasteiger partial charge in [0.05, 0.1) is 22.1 Å². The van der Waals surface area contributed by atoms with Gasteiger partial charge in [-0.3, -0.25) is 0 Å². The van der Waals surface area contributed by atoms with E-state index in [2.05, 4.69) is 162 Å². The van der Waals surface area contributed by atoms with Crippen molar-refractivity contribution in [1.29, 1.82) is 0 Å². The molecule has 3 aromatic heterocycles. The minimum absolute atomic E-state index is 0.876. The number of rotatable bonds is 6. The standard InChI is InChI=1S/C48H32N2O/c1-3-13-31(4-2)33-20-23-44-39(26-33)41-29-42-37-18-11-12-19-47(37)51-48(42)30-46(41)50(44)36-22-25-45-40(28-36)38-27-34(32-14-7-5-8-15-32)21-24-43(38)49(45)35-16-9-6-10-17-35/h3-30H,1-2H2/b31-13+. The quantitative estimate of drug-likeness (QED) is 0.164. The van der Waals surface area contributed by atoms with E-state index in [0.717, 1.165) is 61.0 Å². The van der Waals surface area contributed by atoms with Crippen molar-refractivity contribution in [2.75, 3.05) is 0 Å². The summed E-state index contributed by atoms with van der Waals surface area (Å²) < 4.78 is 11.2. The largest absolute Gasteiger partial charge is 0.456 e. The Morgan fingerprint density at radius 3 is 1.88 bits per heavy atom. The third kappa shape index (κ3) is 4.45. The second kappa shape index (κ2) is 11.4. The van der Waals surface area contributed by atoms with Crippen LogP contribution in [0.2, 0.25) is 0 Å². The van der Waals surface area contributed by atoms with Gasteiger partial charge in [-0.25, -0.2) is 0 Å². The number of hydrogen-bond donors (Lipinski definition) is 0. The zero-order chi connectivity index (χ0) is 34.1. The predicted octanol–water partition coefficient (Wildman–Crippen LogP) is 13.2. The topological polar surface area (TPSA) is 23.0 Å². The van der Waals surface area contributed by atoms with E-state index >= 15 is 0 Å². The van der Waals surface area contributed by atoms with Crippen LogP contribution >= 0.6 is 0 Å². The maximum atomic E-state index is 6.44. The zero-order valence-electron chi connectivity index (χ0n) is 27.9. The van der Waals surface area contributed by atoms with Gasteiger partial charge in [-0.05, 0) is 89.0 Å². The fraction of sp³-hybridized carbons (Fsp3) is 0. The third-order valence-corrected chi connectivity index (χ3v) is 10.2. The van der Waals surface area contributed by atoms with Gasteiger partial charge in [0.15, 0.2) is 0 Å². The highest BCUT2D eigenvalue weighted by atomic mass is 16.3. The molecule has 10 rings (SSSR count). The van der Waals surface area contributed by atoms with Gasteiger partial charge in [0.25, 0.3) is 0 Å². The van der Waals surface area contributed by atoms with Gasteiger partial charge in [-0.2, -0.15) is 0 Å². The Labute approximate surface area is 294 Å². The number of hydrogen-bond acceptors (Lipinski definition) is 1. The van der Waals surface area contributed by atoms with Crippen LogP contribution in [0.4, 0.5) is 0 Å². The lowest BCUT2D eigenvalue weighted by atomic mass is 10.0. The molecule has 0 saturated carbocycles. The summed E-state index contributed by atoms with van der Waals surface area (Å²) in [7, 11) is 0. The van der Waals surface area contributed by atoms with Gasteiger partial charge in [-0.1, -0.05) is 110 Å². The van der Waals surface area contributed by atoms with Crippen molar-refractivity contribution in [3.63, 3.8) is 0 Å². The Bertz CT molecular complexity index is 3040. The van der Waals surface area contributed by atoms with Crippen molar-refractivity contribution in [1.82, 2.24) is 9.13 Å². The molecular weight excluding hydrogens is 621 g/mol. The summed E-state index contributed by atoms with van der Waals surface area (Å²) in [5.41, 5.74) is 13.1. The van der Waals surface area contributed by atoms with E-state index in [4.69, 9.17) is 4.42 Å². The van der Waals surface area contributed by atoms with Crippen LogP contribution in [0.3, 0.4) is 0 Å². The molecule has 0 amide bonds. The predicted molar refractivity (Wildman–Crippen MR) is 216 cm³/mol. The third-order valence-electron chi connectivity index (χ3n) is 10.2. The summed E-state index contributed by atoms with van der Waals surface area (Å²) >= 11 is 0. The molecule has 0 aliphatic carbocycles. The van der Waals surface area contributed by atoms with Crippen LogP contribution in [0, 0.1) is 0 Å². The summed E-state index contributed by atoms with van der Waals surface area (Å²) in [6.45, 7) is 8.02. The molecule has 240 valence electrons. The van der Waals surface area contributed by atoms with Crippen molar-refractivity contribution < 1.29 is 4.42 Å². The van der Waals surface area contributed by atoms with Crippen LogP contribution in [0.5, 0.6) is 0 Å². The minimum Gasteiger partial charge on any atom is -0.456 e. The van der Waals surface area contributed by atoms with Gasteiger partial charge in [0, 0.05) is 49.8 Å². The van der Waals surface area contributed by atoms with Crippen molar-refractivity contribution in [3.8, 4) is 22.5 Å². The van der Waals surface area contributed by atoms with E-state index < -0.39 is 0 Å². The lowest BCUT2D eigenvalue weighted by Gasteiger charge is -2.11. The van der Waals surface area contributed by atoms with Crippen molar-refractivity contribution in [3.05, 3.63) is 189 Å². The number of para-hydroxylation sites is 2. The molecule has 0 saturated heterocycles. The molecule has 3 heteroatoms. The molecule has 0 unspecified atom stereocenters. The van der Waals surface area contributed by atoms with Crippen LogP contribution in [0.15, 0.2) is 187 Å². The average molecular weight is 653 g/mol. The number of fused-ring (bicyclic) bond motifs is 9. The average Bonchev–Trinajstić information content (AvgIpc) is 3.83.